The van der Waals surface area contributed by atoms with Crippen LogP contribution in [0.3, 0.4) is 0 Å². The van der Waals surface area contributed by atoms with Crippen LogP contribution >= 0.6 is 0 Å². The van der Waals surface area contributed by atoms with E-state index in [1.807, 2.05) is 26.1 Å². The van der Waals surface area contributed by atoms with Crippen molar-refractivity contribution in [3.8, 4) is 0 Å². The summed E-state index contributed by atoms with van der Waals surface area (Å²) in [4.78, 5) is 19.8. The molecule has 0 unspecified atom stereocenters. The molecule has 1 saturated carbocycles. The van der Waals surface area contributed by atoms with E-state index in [2.05, 4.69) is 77.6 Å². The Labute approximate surface area is 221 Å². The van der Waals surface area contributed by atoms with Gasteiger partial charge >= 0.3 is 5.97 Å². The van der Waals surface area contributed by atoms with Crippen molar-refractivity contribution in [1.29, 1.82) is 0 Å². The molecule has 0 radical (unpaired) electrons. The highest BCUT2D eigenvalue weighted by molar-refractivity contribution is 5.81. The second-order valence-electron chi connectivity index (χ2n) is 11.4. The first-order valence-corrected chi connectivity index (χ1v) is 14.0. The van der Waals surface area contributed by atoms with Crippen LogP contribution in [0.2, 0.25) is 0 Å². The average Bonchev–Trinajstić information content (AvgIpc) is 2.93. The monoisotopic (exact) mass is 496 g/mol. The molecule has 3 aromatic rings. The maximum Gasteiger partial charge on any atom is 0.308 e. The minimum atomic E-state index is -0.391. The number of nitrogens with zero attached hydrogens (tertiary/aromatic N) is 2. The van der Waals surface area contributed by atoms with Crippen molar-refractivity contribution in [1.82, 2.24) is 9.88 Å². The minimum absolute atomic E-state index is 0.0607. The molecule has 4 heteroatoms. The molecule has 2 bridgehead atoms. The smallest absolute Gasteiger partial charge is 0.308 e. The number of aryl methyl sites for hydroxylation is 1. The SMILES string of the molecule is CC(C)C(=O)O[C@@]1(CCN(C)CCCc2ccnc3ccccc23)C[C@H]2CC[C@@H]1C=C2c1ccccc1. The third-order valence-electron chi connectivity index (χ3n) is 8.44. The molecule has 3 aliphatic carbocycles. The lowest BCUT2D eigenvalue weighted by Crippen LogP contribution is -2.51. The van der Waals surface area contributed by atoms with Crippen LogP contribution in [0, 0.1) is 17.8 Å². The van der Waals surface area contributed by atoms with Crippen LogP contribution in [0.5, 0.6) is 0 Å². The maximum absolute atomic E-state index is 12.9. The second kappa shape index (κ2) is 11.2. The lowest BCUT2D eigenvalue weighted by molar-refractivity contribution is -0.176. The third-order valence-corrected chi connectivity index (χ3v) is 8.44. The number of hydrogen-bond acceptors (Lipinski definition) is 4. The summed E-state index contributed by atoms with van der Waals surface area (Å²) >= 11 is 0. The van der Waals surface area contributed by atoms with E-state index < -0.39 is 5.60 Å². The molecular formula is C33H40N2O2. The Morgan fingerprint density at radius 3 is 2.59 bits per heavy atom. The van der Waals surface area contributed by atoms with Crippen LogP contribution in [0.25, 0.3) is 16.5 Å². The Balaban J connectivity index is 1.25. The molecule has 0 amide bonds. The standard InChI is InChI=1S/C33H40N2O2/c1-24(2)32(36)37-33(23-27-15-16-28(33)22-30(27)25-10-5-4-6-11-25)18-21-35(3)20-9-12-26-17-19-34-31-14-8-7-13-29(26)31/h4-8,10-11,13-14,17,19,22,24,27-28H,9,12,15-16,18,20-21,23H2,1-3H3/t27-,28-,33+/m1/s1. The quantitative estimate of drug-likeness (QED) is 0.285. The first-order valence-electron chi connectivity index (χ1n) is 14.0. The Bertz CT molecular complexity index is 1250. The van der Waals surface area contributed by atoms with E-state index in [4.69, 9.17) is 4.74 Å². The van der Waals surface area contributed by atoms with Gasteiger partial charge in [-0.15, -0.1) is 0 Å². The van der Waals surface area contributed by atoms with Crippen LogP contribution in [0.15, 0.2) is 72.9 Å². The van der Waals surface area contributed by atoms with Crippen LogP contribution in [-0.4, -0.2) is 41.6 Å². The highest BCUT2D eigenvalue weighted by Gasteiger charge is 2.50. The Morgan fingerprint density at radius 2 is 1.84 bits per heavy atom. The van der Waals surface area contributed by atoms with Crippen molar-refractivity contribution in [3.63, 3.8) is 0 Å². The molecule has 4 nitrogen and oxygen atoms in total. The number of pyridine rings is 1. The van der Waals surface area contributed by atoms with Gasteiger partial charge in [0.1, 0.15) is 5.60 Å². The Hall–Kier alpha value is -2.98. The summed E-state index contributed by atoms with van der Waals surface area (Å²) < 4.78 is 6.41. The molecule has 37 heavy (non-hydrogen) atoms. The van der Waals surface area contributed by atoms with Gasteiger partial charge in [0, 0.05) is 30.5 Å². The van der Waals surface area contributed by atoms with E-state index in [-0.39, 0.29) is 17.8 Å². The second-order valence-corrected chi connectivity index (χ2v) is 11.4. The largest absolute Gasteiger partial charge is 0.458 e. The molecule has 3 aliphatic rings. The molecule has 3 atom stereocenters. The lowest BCUT2D eigenvalue weighted by atomic mass is 9.60. The van der Waals surface area contributed by atoms with E-state index in [9.17, 15) is 4.79 Å². The first-order chi connectivity index (χ1) is 17.9. The summed E-state index contributed by atoms with van der Waals surface area (Å²) in [6, 6.07) is 21.3. The molecule has 0 spiro atoms. The normalized spacial score (nSPS) is 23.0. The highest BCUT2D eigenvalue weighted by atomic mass is 16.6. The van der Waals surface area contributed by atoms with E-state index in [1.54, 1.807) is 0 Å². The van der Waals surface area contributed by atoms with E-state index in [0.29, 0.717) is 5.92 Å². The minimum Gasteiger partial charge on any atom is -0.458 e. The average molecular weight is 497 g/mol. The molecule has 6 rings (SSSR count). The highest BCUT2D eigenvalue weighted by Crippen LogP contribution is 2.53. The van der Waals surface area contributed by atoms with Crippen molar-refractivity contribution in [3.05, 3.63) is 84.1 Å². The molecule has 0 N–H and O–H groups in total. The molecule has 0 saturated heterocycles. The molecule has 0 aliphatic heterocycles. The van der Waals surface area contributed by atoms with Crippen molar-refractivity contribution in [2.24, 2.45) is 17.8 Å². The summed E-state index contributed by atoms with van der Waals surface area (Å²) in [7, 11) is 2.20. The molecule has 1 aromatic heterocycles. The fourth-order valence-corrected chi connectivity index (χ4v) is 6.31. The maximum atomic E-state index is 12.9. The number of fused-ring (bicyclic) bond motifs is 3. The fraction of sp³-hybridized carbons (Fsp3) is 0.455. The number of carbonyl (C=O) groups is 1. The van der Waals surface area contributed by atoms with E-state index >= 15 is 0 Å². The van der Waals surface area contributed by atoms with Gasteiger partial charge in [0.2, 0.25) is 0 Å². The molecular weight excluding hydrogens is 456 g/mol. The summed E-state index contributed by atoms with van der Waals surface area (Å²) in [5.41, 5.74) is 4.81. The van der Waals surface area contributed by atoms with Gasteiger partial charge in [-0.05, 0) is 80.4 Å². The predicted octanol–water partition coefficient (Wildman–Crippen LogP) is 6.94. The van der Waals surface area contributed by atoms with Gasteiger partial charge in [-0.25, -0.2) is 0 Å². The van der Waals surface area contributed by atoms with Crippen LogP contribution in [0.4, 0.5) is 0 Å². The number of ether oxygens (including phenoxy) is 1. The third kappa shape index (κ3) is 5.65. The first kappa shape index (κ1) is 25.7. The predicted molar refractivity (Wildman–Crippen MR) is 151 cm³/mol. The van der Waals surface area contributed by atoms with Crippen molar-refractivity contribution >= 4 is 22.4 Å². The molecule has 1 fully saturated rings. The number of allylic oxidation sites excluding steroid dienone is 1. The summed E-state index contributed by atoms with van der Waals surface area (Å²) in [5, 5.41) is 1.26. The van der Waals surface area contributed by atoms with Gasteiger partial charge in [-0.2, -0.15) is 0 Å². The number of rotatable bonds is 10. The van der Waals surface area contributed by atoms with Gasteiger partial charge in [-0.1, -0.05) is 68.5 Å². The zero-order valence-electron chi connectivity index (χ0n) is 22.5. The summed E-state index contributed by atoms with van der Waals surface area (Å²) in [6.07, 6.45) is 10.6. The van der Waals surface area contributed by atoms with Gasteiger partial charge in [0.25, 0.3) is 0 Å². The number of para-hydroxylation sites is 1. The van der Waals surface area contributed by atoms with Crippen LogP contribution < -0.4 is 0 Å². The van der Waals surface area contributed by atoms with Gasteiger partial charge < -0.3 is 9.64 Å². The van der Waals surface area contributed by atoms with Crippen molar-refractivity contribution in [2.45, 2.75) is 58.0 Å². The summed E-state index contributed by atoms with van der Waals surface area (Å²) in [5.74, 6) is 0.571. The number of carbonyl (C=O) groups excluding carboxylic acids is 1. The number of benzene rings is 2. The fourth-order valence-electron chi connectivity index (χ4n) is 6.31. The van der Waals surface area contributed by atoms with Gasteiger partial charge in [-0.3, -0.25) is 9.78 Å². The van der Waals surface area contributed by atoms with Crippen molar-refractivity contribution < 1.29 is 9.53 Å². The molecule has 1 heterocycles. The Morgan fingerprint density at radius 1 is 1.05 bits per heavy atom. The van der Waals surface area contributed by atoms with Gasteiger partial charge in [0.15, 0.2) is 0 Å². The lowest BCUT2D eigenvalue weighted by Gasteiger charge is -2.50. The molecule has 194 valence electrons. The van der Waals surface area contributed by atoms with E-state index in [1.165, 1.54) is 28.5 Å². The van der Waals surface area contributed by atoms with Crippen LogP contribution in [0.1, 0.15) is 57.1 Å². The van der Waals surface area contributed by atoms with Gasteiger partial charge in [0.05, 0.1) is 11.4 Å². The summed E-state index contributed by atoms with van der Waals surface area (Å²) in [6.45, 7) is 5.83. The number of hydrogen-bond donors (Lipinski definition) is 0. The van der Waals surface area contributed by atoms with E-state index in [0.717, 1.165) is 50.7 Å². The molecule has 2 aromatic carbocycles. The topological polar surface area (TPSA) is 42.4 Å². The number of esters is 1. The Kier molecular flexibility index (Phi) is 7.76. The van der Waals surface area contributed by atoms with Crippen molar-refractivity contribution in [2.75, 3.05) is 20.1 Å². The zero-order chi connectivity index (χ0) is 25.8. The zero-order valence-corrected chi connectivity index (χ0v) is 22.5. The van der Waals surface area contributed by atoms with Crippen LogP contribution in [-0.2, 0) is 16.0 Å². The number of aromatic nitrogens is 1.